The molecule has 1 aromatic heterocycles. The summed E-state index contributed by atoms with van der Waals surface area (Å²) in [4.78, 5) is 24.0. The van der Waals surface area contributed by atoms with E-state index in [0.717, 1.165) is 17.3 Å². The van der Waals surface area contributed by atoms with E-state index >= 15 is 0 Å². The van der Waals surface area contributed by atoms with Gasteiger partial charge in [0.25, 0.3) is 5.91 Å². The Morgan fingerprint density at radius 3 is 2.57 bits per heavy atom. The third-order valence-electron chi connectivity index (χ3n) is 3.99. The summed E-state index contributed by atoms with van der Waals surface area (Å²) < 4.78 is 1.82. The van der Waals surface area contributed by atoms with Gasteiger partial charge in [-0.15, -0.1) is 0 Å². The van der Waals surface area contributed by atoms with Gasteiger partial charge in [-0.25, -0.2) is 0 Å². The summed E-state index contributed by atoms with van der Waals surface area (Å²) in [5, 5.41) is 3.74. The first kappa shape index (κ1) is 15.1. The van der Waals surface area contributed by atoms with Crippen LogP contribution >= 0.6 is 0 Å². The number of carbonyl (C=O) groups is 2. The Labute approximate surface area is 124 Å². The van der Waals surface area contributed by atoms with E-state index in [-0.39, 0.29) is 11.8 Å². The highest BCUT2D eigenvalue weighted by Gasteiger charge is 2.25. The third-order valence-corrected chi connectivity index (χ3v) is 3.99. The van der Waals surface area contributed by atoms with E-state index in [4.69, 9.17) is 5.73 Å². The van der Waals surface area contributed by atoms with Gasteiger partial charge in [-0.05, 0) is 18.1 Å². The van der Waals surface area contributed by atoms with Crippen molar-refractivity contribution in [1.29, 1.82) is 0 Å². The number of benzene rings is 1. The standard InChI is InChI=1S/C16H21N3O2/c1-4-10(2)14(15(17)20)18-16(21)13-9-11-7-5-6-8-12(11)19(13)3/h5-10,14H,4H2,1-3H3,(H2,17,20)(H,18,21). The van der Waals surface area contributed by atoms with Gasteiger partial charge >= 0.3 is 0 Å². The number of rotatable bonds is 5. The molecule has 2 rings (SSSR count). The number of aromatic nitrogens is 1. The van der Waals surface area contributed by atoms with Gasteiger partial charge < -0.3 is 15.6 Å². The Morgan fingerprint density at radius 1 is 1.33 bits per heavy atom. The summed E-state index contributed by atoms with van der Waals surface area (Å²) in [6.07, 6.45) is 0.767. The fourth-order valence-corrected chi connectivity index (χ4v) is 2.45. The van der Waals surface area contributed by atoms with Crippen molar-refractivity contribution in [2.75, 3.05) is 0 Å². The zero-order valence-electron chi connectivity index (χ0n) is 12.6. The molecule has 3 N–H and O–H groups in total. The van der Waals surface area contributed by atoms with E-state index in [1.165, 1.54) is 0 Å². The minimum absolute atomic E-state index is 0.00105. The number of nitrogens with two attached hydrogens (primary N) is 1. The highest BCUT2D eigenvalue weighted by Crippen LogP contribution is 2.18. The molecule has 0 aliphatic rings. The molecule has 0 saturated heterocycles. The number of carbonyl (C=O) groups excluding carboxylic acids is 2. The molecule has 0 aliphatic carbocycles. The SMILES string of the molecule is CCC(C)C(NC(=O)c1cc2ccccc2n1C)C(N)=O. The van der Waals surface area contributed by atoms with Gasteiger partial charge in [0.1, 0.15) is 11.7 Å². The van der Waals surface area contributed by atoms with E-state index in [1.54, 1.807) is 0 Å². The van der Waals surface area contributed by atoms with Crippen LogP contribution in [0, 0.1) is 5.92 Å². The van der Waals surface area contributed by atoms with Crippen molar-refractivity contribution >= 4 is 22.7 Å². The number of primary amides is 1. The maximum absolute atomic E-state index is 12.4. The highest BCUT2D eigenvalue weighted by molar-refractivity contribution is 6.00. The smallest absolute Gasteiger partial charge is 0.268 e. The van der Waals surface area contributed by atoms with Crippen LogP contribution in [0.5, 0.6) is 0 Å². The first-order valence-electron chi connectivity index (χ1n) is 7.10. The molecule has 0 fully saturated rings. The largest absolute Gasteiger partial charge is 0.368 e. The molecule has 1 heterocycles. The lowest BCUT2D eigenvalue weighted by Gasteiger charge is -2.21. The van der Waals surface area contributed by atoms with E-state index < -0.39 is 11.9 Å². The summed E-state index contributed by atoms with van der Waals surface area (Å²) in [6.45, 7) is 3.86. The average Bonchev–Trinajstić information content (AvgIpc) is 2.81. The quantitative estimate of drug-likeness (QED) is 0.879. The number of aryl methyl sites for hydroxylation is 1. The summed E-state index contributed by atoms with van der Waals surface area (Å²) in [6, 6.07) is 8.92. The molecule has 0 aliphatic heterocycles. The average molecular weight is 287 g/mol. The number of nitrogens with zero attached hydrogens (tertiary/aromatic N) is 1. The zero-order valence-corrected chi connectivity index (χ0v) is 12.6. The van der Waals surface area contributed by atoms with E-state index in [2.05, 4.69) is 5.32 Å². The van der Waals surface area contributed by atoms with Crippen LogP contribution in [0.4, 0.5) is 0 Å². The minimum atomic E-state index is -0.652. The topological polar surface area (TPSA) is 77.1 Å². The molecule has 21 heavy (non-hydrogen) atoms. The molecule has 2 unspecified atom stereocenters. The molecule has 0 radical (unpaired) electrons. The molecule has 112 valence electrons. The van der Waals surface area contributed by atoms with E-state index in [0.29, 0.717) is 5.69 Å². The van der Waals surface area contributed by atoms with Crippen molar-refractivity contribution in [2.45, 2.75) is 26.3 Å². The van der Waals surface area contributed by atoms with Crippen LogP contribution in [-0.2, 0) is 11.8 Å². The van der Waals surface area contributed by atoms with Gasteiger partial charge in [0.05, 0.1) is 0 Å². The number of hydrogen-bond acceptors (Lipinski definition) is 2. The second kappa shape index (κ2) is 5.99. The first-order chi connectivity index (χ1) is 9.95. The van der Waals surface area contributed by atoms with Crippen LogP contribution in [0.2, 0.25) is 0 Å². The van der Waals surface area contributed by atoms with Crippen LogP contribution < -0.4 is 11.1 Å². The van der Waals surface area contributed by atoms with Crippen LogP contribution in [0.3, 0.4) is 0 Å². The summed E-state index contributed by atoms with van der Waals surface area (Å²) >= 11 is 0. The second-order valence-corrected chi connectivity index (χ2v) is 5.39. The molecule has 0 saturated carbocycles. The van der Waals surface area contributed by atoms with Crippen molar-refractivity contribution in [3.05, 3.63) is 36.0 Å². The van der Waals surface area contributed by atoms with E-state index in [1.807, 2.05) is 55.8 Å². The maximum atomic E-state index is 12.4. The Hall–Kier alpha value is -2.30. The normalized spacial score (nSPS) is 13.9. The summed E-state index contributed by atoms with van der Waals surface area (Å²) in [5.74, 6) is -0.782. The van der Waals surface area contributed by atoms with Crippen molar-refractivity contribution in [3.8, 4) is 0 Å². The van der Waals surface area contributed by atoms with Gasteiger partial charge in [0, 0.05) is 18.0 Å². The monoisotopic (exact) mass is 287 g/mol. The predicted octanol–water partition coefficient (Wildman–Crippen LogP) is 1.81. The Kier molecular flexibility index (Phi) is 4.31. The molecular weight excluding hydrogens is 266 g/mol. The van der Waals surface area contributed by atoms with Gasteiger partial charge in [0.2, 0.25) is 5.91 Å². The number of amides is 2. The highest BCUT2D eigenvalue weighted by atomic mass is 16.2. The van der Waals surface area contributed by atoms with E-state index in [9.17, 15) is 9.59 Å². The maximum Gasteiger partial charge on any atom is 0.268 e. The molecule has 0 spiro atoms. The molecule has 5 heteroatoms. The fourth-order valence-electron chi connectivity index (χ4n) is 2.45. The number of para-hydroxylation sites is 1. The van der Waals surface area contributed by atoms with Gasteiger partial charge in [0.15, 0.2) is 0 Å². The van der Waals surface area contributed by atoms with Gasteiger partial charge in [-0.2, -0.15) is 0 Å². The molecule has 1 aromatic carbocycles. The number of fused-ring (bicyclic) bond motifs is 1. The van der Waals surface area contributed by atoms with Crippen LogP contribution in [0.25, 0.3) is 10.9 Å². The lowest BCUT2D eigenvalue weighted by molar-refractivity contribution is -0.120. The van der Waals surface area contributed by atoms with Crippen LogP contribution in [-0.4, -0.2) is 22.4 Å². The summed E-state index contributed by atoms with van der Waals surface area (Å²) in [7, 11) is 1.83. The first-order valence-corrected chi connectivity index (χ1v) is 7.10. The van der Waals surface area contributed by atoms with Crippen molar-refractivity contribution in [3.63, 3.8) is 0 Å². The van der Waals surface area contributed by atoms with Crippen molar-refractivity contribution in [1.82, 2.24) is 9.88 Å². The van der Waals surface area contributed by atoms with Gasteiger partial charge in [-0.3, -0.25) is 9.59 Å². The fraction of sp³-hybridized carbons (Fsp3) is 0.375. The number of hydrogen-bond donors (Lipinski definition) is 2. The zero-order chi connectivity index (χ0) is 15.6. The lowest BCUT2D eigenvalue weighted by Crippen LogP contribution is -2.48. The molecule has 2 atom stereocenters. The molecule has 2 aromatic rings. The van der Waals surface area contributed by atoms with Crippen molar-refractivity contribution < 1.29 is 9.59 Å². The van der Waals surface area contributed by atoms with Gasteiger partial charge in [-0.1, -0.05) is 38.5 Å². The Balaban J connectivity index is 2.29. The third kappa shape index (κ3) is 2.91. The Morgan fingerprint density at radius 2 is 2.00 bits per heavy atom. The molecular formula is C16H21N3O2. The van der Waals surface area contributed by atoms with Crippen molar-refractivity contribution in [2.24, 2.45) is 18.7 Å². The second-order valence-electron chi connectivity index (χ2n) is 5.39. The number of nitrogens with one attached hydrogen (secondary N) is 1. The molecule has 0 bridgehead atoms. The molecule has 5 nitrogen and oxygen atoms in total. The predicted molar refractivity (Wildman–Crippen MR) is 82.8 cm³/mol. The minimum Gasteiger partial charge on any atom is -0.368 e. The lowest BCUT2D eigenvalue weighted by atomic mass is 9.98. The van der Waals surface area contributed by atoms with Crippen LogP contribution in [0.1, 0.15) is 30.8 Å². The summed E-state index contributed by atoms with van der Waals surface area (Å²) in [5.41, 5.74) is 6.89. The molecule has 2 amide bonds. The van der Waals surface area contributed by atoms with Crippen LogP contribution in [0.15, 0.2) is 30.3 Å². The Bertz CT molecular complexity index is 675.